The molecule has 17 heavy (non-hydrogen) atoms. The molecule has 1 atom stereocenters. The van der Waals surface area contributed by atoms with Gasteiger partial charge in [-0.1, -0.05) is 38.7 Å². The number of benzene rings is 1. The molecular formula is C14H23NSSi. The zero-order valence-electron chi connectivity index (χ0n) is 11.5. The molecule has 0 aliphatic carbocycles. The van der Waals surface area contributed by atoms with Crippen molar-refractivity contribution in [3.05, 3.63) is 29.8 Å². The summed E-state index contributed by atoms with van der Waals surface area (Å²) >= 11 is 2.14. The van der Waals surface area contributed by atoms with Crippen LogP contribution in [0.1, 0.15) is 18.9 Å². The predicted octanol–water partition coefficient (Wildman–Crippen LogP) is 5.04. The summed E-state index contributed by atoms with van der Waals surface area (Å²) in [5.41, 5.74) is 2.33. The van der Waals surface area contributed by atoms with Crippen LogP contribution in [-0.4, -0.2) is 18.7 Å². The Kier molecular flexibility index (Phi) is 5.47. The topological polar surface area (TPSA) is 12.4 Å². The van der Waals surface area contributed by atoms with Crippen LogP contribution >= 0.6 is 11.2 Å². The van der Waals surface area contributed by atoms with Crippen molar-refractivity contribution in [2.24, 2.45) is 4.99 Å². The Morgan fingerprint density at radius 3 is 2.65 bits per heavy atom. The lowest BCUT2D eigenvalue weighted by Crippen LogP contribution is -2.18. The largest absolute Gasteiger partial charge is 0.261 e. The van der Waals surface area contributed by atoms with Gasteiger partial charge in [-0.15, -0.1) is 0 Å². The summed E-state index contributed by atoms with van der Waals surface area (Å²) in [7, 11) is -1.00. The lowest BCUT2D eigenvalue weighted by molar-refractivity contribution is 1.04. The zero-order valence-corrected chi connectivity index (χ0v) is 13.3. The lowest BCUT2D eigenvalue weighted by atomic mass is 10.2. The predicted molar refractivity (Wildman–Crippen MR) is 84.3 cm³/mol. The highest BCUT2D eigenvalue weighted by molar-refractivity contribution is 8.29. The van der Waals surface area contributed by atoms with Gasteiger partial charge >= 0.3 is 0 Å². The maximum Gasteiger partial charge on any atom is 0.108 e. The molecule has 1 rings (SSSR count). The molecule has 94 valence electrons. The number of aliphatic imine (C=N–C) groups is 1. The molecule has 0 heterocycles. The van der Waals surface area contributed by atoms with Gasteiger partial charge in [0, 0.05) is 11.5 Å². The molecule has 1 nitrogen and oxygen atoms in total. The van der Waals surface area contributed by atoms with Gasteiger partial charge in [0.25, 0.3) is 0 Å². The highest BCUT2D eigenvalue weighted by atomic mass is 32.4. The maximum atomic E-state index is 4.51. The van der Waals surface area contributed by atoms with Crippen LogP contribution in [0.15, 0.2) is 29.3 Å². The van der Waals surface area contributed by atoms with E-state index in [4.69, 9.17) is 0 Å². The normalized spacial score (nSPS) is 14.2. The SMILES string of the molecule is Cc1cccc(/N=C\CC(C)S[Si](C)(C)C)c1. The van der Waals surface area contributed by atoms with Crippen LogP contribution in [0.5, 0.6) is 0 Å². The van der Waals surface area contributed by atoms with Crippen molar-refractivity contribution in [3.8, 4) is 0 Å². The van der Waals surface area contributed by atoms with Gasteiger partial charge in [0.15, 0.2) is 0 Å². The Labute approximate surface area is 110 Å². The summed E-state index contributed by atoms with van der Waals surface area (Å²) in [6.07, 6.45) is 3.12. The van der Waals surface area contributed by atoms with Crippen LogP contribution in [0.4, 0.5) is 5.69 Å². The summed E-state index contributed by atoms with van der Waals surface area (Å²) in [4.78, 5) is 4.51. The van der Waals surface area contributed by atoms with Gasteiger partial charge in [0.05, 0.1) is 5.69 Å². The monoisotopic (exact) mass is 265 g/mol. The summed E-state index contributed by atoms with van der Waals surface area (Å²) in [6, 6.07) is 8.33. The number of hydrogen-bond donors (Lipinski definition) is 0. The molecule has 0 aliphatic heterocycles. The minimum atomic E-state index is -1.00. The first kappa shape index (κ1) is 14.5. The van der Waals surface area contributed by atoms with Crippen LogP contribution < -0.4 is 0 Å². The first-order valence-corrected chi connectivity index (χ1v) is 11.2. The molecule has 3 heteroatoms. The summed E-state index contributed by atoms with van der Waals surface area (Å²) in [5.74, 6) is 0. The summed E-state index contributed by atoms with van der Waals surface area (Å²) in [6.45, 7) is 11.6. The fourth-order valence-corrected chi connectivity index (χ4v) is 6.97. The summed E-state index contributed by atoms with van der Waals surface area (Å²) < 4.78 is 0. The molecule has 0 spiro atoms. The molecule has 1 aromatic carbocycles. The van der Waals surface area contributed by atoms with Crippen LogP contribution in [0, 0.1) is 6.92 Å². The van der Waals surface area contributed by atoms with Gasteiger partial charge in [-0.2, -0.15) is 11.2 Å². The second-order valence-electron chi connectivity index (χ2n) is 5.43. The van der Waals surface area contributed by atoms with E-state index in [-0.39, 0.29) is 0 Å². The average Bonchev–Trinajstić information content (AvgIpc) is 2.14. The van der Waals surface area contributed by atoms with Crippen molar-refractivity contribution in [1.82, 2.24) is 0 Å². The molecule has 0 saturated heterocycles. The van der Waals surface area contributed by atoms with Crippen LogP contribution in [0.2, 0.25) is 19.6 Å². The average molecular weight is 265 g/mol. The number of aryl methyl sites for hydroxylation is 1. The number of nitrogens with zero attached hydrogens (tertiary/aromatic N) is 1. The molecule has 0 bridgehead atoms. The van der Waals surface area contributed by atoms with Crippen molar-refractivity contribution < 1.29 is 0 Å². The molecule has 0 aromatic heterocycles. The Bertz CT molecular complexity index is 382. The molecule has 0 amide bonds. The molecule has 0 saturated carbocycles. The van der Waals surface area contributed by atoms with E-state index in [1.54, 1.807) is 0 Å². The fourth-order valence-electron chi connectivity index (χ4n) is 1.67. The van der Waals surface area contributed by atoms with E-state index >= 15 is 0 Å². The van der Waals surface area contributed by atoms with Crippen molar-refractivity contribution in [2.45, 2.75) is 45.2 Å². The molecule has 0 radical (unpaired) electrons. The van der Waals surface area contributed by atoms with Gasteiger partial charge in [-0.25, -0.2) is 0 Å². The van der Waals surface area contributed by atoms with Crippen molar-refractivity contribution >= 4 is 30.3 Å². The number of rotatable bonds is 5. The van der Waals surface area contributed by atoms with E-state index in [2.05, 4.69) is 80.2 Å². The van der Waals surface area contributed by atoms with Gasteiger partial charge < -0.3 is 0 Å². The van der Waals surface area contributed by atoms with Crippen LogP contribution in [0.3, 0.4) is 0 Å². The van der Waals surface area contributed by atoms with E-state index in [0.29, 0.717) is 5.25 Å². The van der Waals surface area contributed by atoms with Gasteiger partial charge in [-0.05, 0) is 31.0 Å². The Balaban J connectivity index is 2.45. The third-order valence-electron chi connectivity index (χ3n) is 2.23. The highest BCUT2D eigenvalue weighted by Gasteiger charge is 2.17. The Morgan fingerprint density at radius 1 is 1.35 bits per heavy atom. The van der Waals surface area contributed by atoms with Crippen molar-refractivity contribution in [3.63, 3.8) is 0 Å². The number of hydrogen-bond acceptors (Lipinski definition) is 2. The van der Waals surface area contributed by atoms with Gasteiger partial charge in [-0.3, -0.25) is 4.99 Å². The van der Waals surface area contributed by atoms with Crippen molar-refractivity contribution in [2.75, 3.05) is 0 Å². The highest BCUT2D eigenvalue weighted by Crippen LogP contribution is 2.26. The van der Waals surface area contributed by atoms with E-state index < -0.39 is 7.22 Å². The second-order valence-corrected chi connectivity index (χ2v) is 15.1. The molecule has 1 aromatic rings. The minimum Gasteiger partial charge on any atom is -0.261 e. The third kappa shape index (κ3) is 6.69. The van der Waals surface area contributed by atoms with Crippen LogP contribution in [-0.2, 0) is 0 Å². The lowest BCUT2D eigenvalue weighted by Gasteiger charge is -2.19. The Morgan fingerprint density at radius 2 is 2.06 bits per heavy atom. The maximum absolute atomic E-state index is 4.51. The van der Waals surface area contributed by atoms with E-state index in [0.717, 1.165) is 12.1 Å². The Hall–Kier alpha value is -0.543. The zero-order chi connectivity index (χ0) is 12.9. The van der Waals surface area contributed by atoms with Crippen molar-refractivity contribution in [1.29, 1.82) is 0 Å². The first-order valence-electron chi connectivity index (χ1n) is 6.14. The third-order valence-corrected chi connectivity index (χ3v) is 6.86. The molecular weight excluding hydrogens is 242 g/mol. The first-order chi connectivity index (χ1) is 7.87. The molecule has 0 aliphatic rings. The van der Waals surface area contributed by atoms with E-state index in [1.165, 1.54) is 5.56 Å². The quantitative estimate of drug-likeness (QED) is 0.536. The smallest absolute Gasteiger partial charge is 0.108 e. The molecule has 0 fully saturated rings. The molecule has 1 unspecified atom stereocenters. The summed E-state index contributed by atoms with van der Waals surface area (Å²) in [5, 5.41) is 0.676. The van der Waals surface area contributed by atoms with Gasteiger partial charge in [0.2, 0.25) is 0 Å². The molecule has 0 N–H and O–H groups in total. The van der Waals surface area contributed by atoms with Crippen LogP contribution in [0.25, 0.3) is 0 Å². The second kappa shape index (κ2) is 6.41. The fraction of sp³-hybridized carbons (Fsp3) is 0.500. The van der Waals surface area contributed by atoms with E-state index in [9.17, 15) is 0 Å². The van der Waals surface area contributed by atoms with Gasteiger partial charge in [0.1, 0.15) is 7.22 Å². The standard InChI is InChI=1S/C14H23NSSi/c1-12-7-6-8-14(11-12)15-10-9-13(2)16-17(3,4)5/h6-8,10-11,13H,9H2,1-5H3/b15-10-. The minimum absolute atomic E-state index is 0.676. The van der Waals surface area contributed by atoms with E-state index in [1.807, 2.05) is 0 Å².